The molecule has 6 aromatic carbocycles. The Kier molecular flexibility index (Phi) is 6.56. The molecule has 50 heavy (non-hydrogen) atoms. The van der Waals surface area contributed by atoms with E-state index in [-0.39, 0.29) is 5.92 Å². The van der Waals surface area contributed by atoms with Gasteiger partial charge in [0.1, 0.15) is 22.3 Å². The van der Waals surface area contributed by atoms with Crippen LogP contribution in [0.15, 0.2) is 167 Å². The highest BCUT2D eigenvalue weighted by atomic mass is 16.3. The van der Waals surface area contributed by atoms with Gasteiger partial charge in [-0.15, -0.1) is 0 Å². The maximum atomic E-state index is 6.24. The minimum absolute atomic E-state index is 0.195. The summed E-state index contributed by atoms with van der Waals surface area (Å²) in [6, 6.07) is 47.6. The predicted octanol–water partition coefficient (Wildman–Crippen LogP) is 11.8. The number of benzene rings is 6. The molecule has 0 N–H and O–H groups in total. The van der Waals surface area contributed by atoms with Gasteiger partial charge in [-0.25, -0.2) is 15.0 Å². The van der Waals surface area contributed by atoms with Crippen molar-refractivity contribution in [3.63, 3.8) is 0 Å². The molecule has 0 aliphatic heterocycles. The highest BCUT2D eigenvalue weighted by Crippen LogP contribution is 2.40. The molecule has 5 nitrogen and oxygen atoms in total. The normalized spacial score (nSPS) is 14.6. The molecule has 1 unspecified atom stereocenters. The Bertz CT molecular complexity index is 2790. The van der Waals surface area contributed by atoms with E-state index in [9.17, 15) is 0 Å². The summed E-state index contributed by atoms with van der Waals surface area (Å²) in [5.74, 6) is 2.07. The molecule has 0 saturated carbocycles. The lowest BCUT2D eigenvalue weighted by Crippen LogP contribution is -2.05. The summed E-state index contributed by atoms with van der Waals surface area (Å²) in [5.41, 5.74) is 9.85. The van der Waals surface area contributed by atoms with Crippen LogP contribution in [0.25, 0.3) is 83.4 Å². The van der Waals surface area contributed by atoms with Gasteiger partial charge in [0.05, 0.1) is 0 Å². The van der Waals surface area contributed by atoms with Crippen molar-refractivity contribution in [3.05, 3.63) is 169 Å². The van der Waals surface area contributed by atoms with Crippen molar-refractivity contribution in [1.29, 1.82) is 0 Å². The van der Waals surface area contributed by atoms with Gasteiger partial charge in [-0.05, 0) is 47.4 Å². The van der Waals surface area contributed by atoms with Crippen molar-refractivity contribution in [1.82, 2.24) is 15.0 Å². The fourth-order valence-electron chi connectivity index (χ4n) is 7.29. The van der Waals surface area contributed by atoms with Crippen LogP contribution in [-0.2, 0) is 0 Å². The lowest BCUT2D eigenvalue weighted by atomic mass is 9.87. The number of aromatic nitrogens is 3. The van der Waals surface area contributed by atoms with Crippen molar-refractivity contribution in [3.8, 4) is 33.9 Å². The fraction of sp³-hybridized carbons (Fsp3) is 0.0444. The quantitative estimate of drug-likeness (QED) is 0.187. The SMILES string of the molecule is C1=CC(c2cccc3oc4ccccc4c23)CC=C1c1nc(-c2ccc(-c3ccccc3)cc2)nc(-c2cccc3oc4ccccc4c23)n1. The maximum Gasteiger partial charge on any atom is 0.164 e. The van der Waals surface area contributed by atoms with Crippen LogP contribution in [0.5, 0.6) is 0 Å². The predicted molar refractivity (Wildman–Crippen MR) is 202 cm³/mol. The summed E-state index contributed by atoms with van der Waals surface area (Å²) >= 11 is 0. The number of para-hydroxylation sites is 2. The van der Waals surface area contributed by atoms with Gasteiger partial charge in [-0.2, -0.15) is 0 Å². The van der Waals surface area contributed by atoms with Gasteiger partial charge in [0.25, 0.3) is 0 Å². The first kappa shape index (κ1) is 28.4. The molecule has 3 heterocycles. The minimum atomic E-state index is 0.195. The Hall–Kier alpha value is -6.59. The number of fused-ring (bicyclic) bond motifs is 6. The Morgan fingerprint density at radius 3 is 1.78 bits per heavy atom. The Morgan fingerprint density at radius 1 is 0.460 bits per heavy atom. The number of allylic oxidation sites excluding steroid dienone is 4. The van der Waals surface area contributed by atoms with E-state index in [1.165, 1.54) is 16.5 Å². The van der Waals surface area contributed by atoms with Crippen molar-refractivity contribution in [2.75, 3.05) is 0 Å². The van der Waals surface area contributed by atoms with Crippen molar-refractivity contribution in [2.45, 2.75) is 12.3 Å². The van der Waals surface area contributed by atoms with Crippen LogP contribution in [0, 0.1) is 0 Å². The smallest absolute Gasteiger partial charge is 0.164 e. The minimum Gasteiger partial charge on any atom is -0.456 e. The van der Waals surface area contributed by atoms with Crippen LogP contribution >= 0.6 is 0 Å². The van der Waals surface area contributed by atoms with E-state index in [2.05, 4.69) is 109 Å². The molecule has 1 aliphatic rings. The molecular formula is C45H29N3O2. The summed E-state index contributed by atoms with van der Waals surface area (Å²) in [7, 11) is 0. The lowest BCUT2D eigenvalue weighted by Gasteiger charge is -2.18. The molecule has 0 spiro atoms. The average Bonchev–Trinajstić information content (AvgIpc) is 3.77. The molecule has 1 atom stereocenters. The van der Waals surface area contributed by atoms with Gasteiger partial charge in [0.2, 0.25) is 0 Å². The second kappa shape index (κ2) is 11.5. The van der Waals surface area contributed by atoms with E-state index in [0.29, 0.717) is 17.5 Å². The molecule has 5 heteroatoms. The van der Waals surface area contributed by atoms with E-state index < -0.39 is 0 Å². The second-order valence-electron chi connectivity index (χ2n) is 12.7. The van der Waals surface area contributed by atoms with Crippen molar-refractivity contribution < 1.29 is 8.83 Å². The summed E-state index contributed by atoms with van der Waals surface area (Å²) < 4.78 is 12.4. The molecule has 0 amide bonds. The first-order valence-electron chi connectivity index (χ1n) is 16.9. The summed E-state index contributed by atoms with van der Waals surface area (Å²) in [6.07, 6.45) is 7.49. The molecule has 0 radical (unpaired) electrons. The largest absolute Gasteiger partial charge is 0.456 e. The Morgan fingerprint density at radius 2 is 1.04 bits per heavy atom. The maximum absolute atomic E-state index is 6.24. The highest BCUT2D eigenvalue weighted by molar-refractivity contribution is 6.12. The van der Waals surface area contributed by atoms with Gasteiger partial charge in [0.15, 0.2) is 17.5 Å². The Labute approximate surface area is 287 Å². The zero-order chi connectivity index (χ0) is 33.0. The van der Waals surface area contributed by atoms with Crippen LogP contribution in [-0.4, -0.2) is 15.0 Å². The lowest BCUT2D eigenvalue weighted by molar-refractivity contribution is 0.668. The van der Waals surface area contributed by atoms with E-state index in [1.807, 2.05) is 48.5 Å². The number of furan rings is 2. The second-order valence-corrected chi connectivity index (χ2v) is 12.7. The molecule has 3 aromatic heterocycles. The third kappa shape index (κ3) is 4.74. The number of hydrogen-bond donors (Lipinski definition) is 0. The van der Waals surface area contributed by atoms with Crippen molar-refractivity contribution >= 4 is 49.5 Å². The standard InChI is InChI=1S/C45H29N3O2/c1-2-10-28(11-3-1)29-20-24-31(25-21-29)43-46-44(48-45(47-43)36-15-9-19-40-42(36)35-13-5-7-17-38(35)50-40)32-26-22-30(23-27-32)33-14-8-18-39-41(33)34-12-4-6-16-37(34)49-39/h1-22,24-27,30H,23H2. The molecule has 236 valence electrons. The molecule has 1 aliphatic carbocycles. The first-order chi connectivity index (χ1) is 24.8. The van der Waals surface area contributed by atoms with Gasteiger partial charge in [0, 0.05) is 44.2 Å². The van der Waals surface area contributed by atoms with Crippen LogP contribution in [0.2, 0.25) is 0 Å². The number of hydrogen-bond acceptors (Lipinski definition) is 5. The van der Waals surface area contributed by atoms with Crippen LogP contribution in [0.1, 0.15) is 23.7 Å². The zero-order valence-electron chi connectivity index (χ0n) is 27.0. The van der Waals surface area contributed by atoms with Gasteiger partial charge >= 0.3 is 0 Å². The van der Waals surface area contributed by atoms with Gasteiger partial charge < -0.3 is 8.83 Å². The summed E-state index contributed by atoms with van der Waals surface area (Å²) in [5, 5.41) is 4.36. The Balaban J connectivity index is 1.08. The molecule has 0 saturated heterocycles. The topological polar surface area (TPSA) is 65.0 Å². The third-order valence-corrected chi connectivity index (χ3v) is 9.72. The fourth-order valence-corrected chi connectivity index (χ4v) is 7.29. The van der Waals surface area contributed by atoms with Crippen LogP contribution in [0.3, 0.4) is 0 Å². The van der Waals surface area contributed by atoms with E-state index in [4.69, 9.17) is 23.8 Å². The summed E-state index contributed by atoms with van der Waals surface area (Å²) in [6.45, 7) is 0. The molecule has 0 bridgehead atoms. The molecular weight excluding hydrogens is 615 g/mol. The average molecular weight is 644 g/mol. The van der Waals surface area contributed by atoms with Gasteiger partial charge in [-0.3, -0.25) is 0 Å². The molecule has 9 aromatic rings. The van der Waals surface area contributed by atoms with Crippen LogP contribution < -0.4 is 0 Å². The third-order valence-electron chi connectivity index (χ3n) is 9.72. The van der Waals surface area contributed by atoms with E-state index in [0.717, 1.165) is 67.2 Å². The van der Waals surface area contributed by atoms with Gasteiger partial charge in [-0.1, -0.05) is 133 Å². The highest BCUT2D eigenvalue weighted by Gasteiger charge is 2.21. The number of nitrogens with zero attached hydrogens (tertiary/aromatic N) is 3. The molecule has 0 fully saturated rings. The number of rotatable bonds is 5. The van der Waals surface area contributed by atoms with Crippen LogP contribution in [0.4, 0.5) is 0 Å². The monoisotopic (exact) mass is 643 g/mol. The zero-order valence-corrected chi connectivity index (χ0v) is 27.0. The van der Waals surface area contributed by atoms with E-state index in [1.54, 1.807) is 0 Å². The first-order valence-corrected chi connectivity index (χ1v) is 16.9. The van der Waals surface area contributed by atoms with Crippen molar-refractivity contribution in [2.24, 2.45) is 0 Å². The molecule has 10 rings (SSSR count). The summed E-state index contributed by atoms with van der Waals surface area (Å²) in [4.78, 5) is 15.3. The van der Waals surface area contributed by atoms with E-state index >= 15 is 0 Å².